The van der Waals surface area contributed by atoms with Crippen LogP contribution in [0.3, 0.4) is 0 Å². The van der Waals surface area contributed by atoms with Gasteiger partial charge in [-0.3, -0.25) is 4.79 Å². The van der Waals surface area contributed by atoms with Gasteiger partial charge in [-0.2, -0.15) is 5.10 Å². The van der Waals surface area contributed by atoms with Gasteiger partial charge in [0.2, 0.25) is 0 Å². The second-order valence-electron chi connectivity index (χ2n) is 4.34. The Balaban J connectivity index is 2.61. The zero-order valence-corrected chi connectivity index (χ0v) is 11.0. The molecule has 0 saturated heterocycles. The van der Waals surface area contributed by atoms with Crippen LogP contribution in [0.2, 0.25) is 0 Å². The number of hydrogen-bond acceptors (Lipinski definition) is 4. The molecule has 6 nitrogen and oxygen atoms in total. The molecule has 104 valence electrons. The zero-order chi connectivity index (χ0) is 14.7. The van der Waals surface area contributed by atoms with E-state index >= 15 is 0 Å². The number of carbonyl (C=O) groups excluding carboxylic acids is 1. The number of carboxylic acid groups (broad SMARTS) is 1. The van der Waals surface area contributed by atoms with Gasteiger partial charge in [0.1, 0.15) is 11.5 Å². The number of aliphatic carboxylic acids is 1. The second kappa shape index (κ2) is 5.56. The summed E-state index contributed by atoms with van der Waals surface area (Å²) in [5.74, 6) is -0.952. The molecule has 6 heteroatoms. The summed E-state index contributed by atoms with van der Waals surface area (Å²) in [4.78, 5) is 22.5. The Bertz CT molecular complexity index is 635. The van der Waals surface area contributed by atoms with Crippen molar-refractivity contribution < 1.29 is 14.7 Å². The van der Waals surface area contributed by atoms with E-state index in [1.807, 2.05) is 18.2 Å². The summed E-state index contributed by atoms with van der Waals surface area (Å²) in [5.41, 5.74) is 7.21. The number of rotatable bonds is 5. The van der Waals surface area contributed by atoms with Crippen LogP contribution in [0.1, 0.15) is 29.7 Å². The zero-order valence-electron chi connectivity index (χ0n) is 11.0. The van der Waals surface area contributed by atoms with Crippen LogP contribution in [0.5, 0.6) is 0 Å². The molecule has 0 bridgehead atoms. The predicted octanol–water partition coefficient (Wildman–Crippen LogP) is 1.98. The number of nitrogens with two attached hydrogens (primary N) is 1. The van der Waals surface area contributed by atoms with Crippen molar-refractivity contribution >= 4 is 18.1 Å². The van der Waals surface area contributed by atoms with Gasteiger partial charge in [0, 0.05) is 5.56 Å². The Hall–Kier alpha value is -2.63. The number of nitrogens with zero attached hydrogens (tertiary/aromatic N) is 2. The smallest absolute Gasteiger partial charge is 0.328 e. The highest BCUT2D eigenvalue weighted by Crippen LogP contribution is 2.28. The molecule has 1 heterocycles. The topological polar surface area (TPSA) is 98.2 Å². The summed E-state index contributed by atoms with van der Waals surface area (Å²) in [6.07, 6.45) is 0.934. The average Bonchev–Trinajstić information content (AvgIpc) is 2.77. The van der Waals surface area contributed by atoms with Crippen LogP contribution in [-0.2, 0) is 4.79 Å². The molecule has 0 amide bonds. The lowest BCUT2D eigenvalue weighted by molar-refractivity contribution is -0.141. The largest absolute Gasteiger partial charge is 0.480 e. The fourth-order valence-corrected chi connectivity index (χ4v) is 2.08. The standard InChI is InChI=1S/C14H15N3O3/c1-2-11(14(19)20)17-13(15)10(8-18)12(16-17)9-6-4-3-5-7-9/h3-8,11H,2,15H2,1H3,(H,19,20). The Kier molecular flexibility index (Phi) is 3.84. The Morgan fingerprint density at radius 1 is 1.45 bits per heavy atom. The first-order valence-electron chi connectivity index (χ1n) is 6.21. The van der Waals surface area contributed by atoms with Gasteiger partial charge in [-0.05, 0) is 6.42 Å². The molecule has 0 saturated carbocycles. The quantitative estimate of drug-likeness (QED) is 0.812. The van der Waals surface area contributed by atoms with Crippen molar-refractivity contribution in [3.63, 3.8) is 0 Å². The average molecular weight is 273 g/mol. The third kappa shape index (κ3) is 2.27. The van der Waals surface area contributed by atoms with E-state index in [1.165, 1.54) is 4.68 Å². The maximum Gasteiger partial charge on any atom is 0.328 e. The number of nitrogen functional groups attached to an aromatic ring is 1. The van der Waals surface area contributed by atoms with Gasteiger partial charge in [0.05, 0.1) is 5.56 Å². The third-order valence-corrected chi connectivity index (χ3v) is 3.12. The van der Waals surface area contributed by atoms with E-state index in [2.05, 4.69) is 5.10 Å². The lowest BCUT2D eigenvalue weighted by Crippen LogP contribution is -2.21. The predicted molar refractivity (Wildman–Crippen MR) is 74.4 cm³/mol. The molecule has 1 unspecified atom stereocenters. The molecule has 0 fully saturated rings. The number of benzene rings is 1. The molecule has 2 rings (SSSR count). The molecular formula is C14H15N3O3. The highest BCUT2D eigenvalue weighted by Gasteiger charge is 2.25. The van der Waals surface area contributed by atoms with Crippen molar-refractivity contribution in [3.05, 3.63) is 35.9 Å². The number of anilines is 1. The summed E-state index contributed by atoms with van der Waals surface area (Å²) >= 11 is 0. The van der Waals surface area contributed by atoms with Crippen LogP contribution in [0.4, 0.5) is 5.82 Å². The molecule has 0 radical (unpaired) electrons. The van der Waals surface area contributed by atoms with Crippen molar-refractivity contribution in [3.8, 4) is 11.3 Å². The highest BCUT2D eigenvalue weighted by molar-refractivity contribution is 5.92. The number of aldehydes is 1. The van der Waals surface area contributed by atoms with Crippen LogP contribution in [0, 0.1) is 0 Å². The van der Waals surface area contributed by atoms with Gasteiger partial charge in [-0.15, -0.1) is 0 Å². The molecule has 0 aliphatic carbocycles. The van der Waals surface area contributed by atoms with Crippen molar-refractivity contribution in [2.24, 2.45) is 0 Å². The molecule has 1 atom stereocenters. The maximum absolute atomic E-state index is 11.2. The van der Waals surface area contributed by atoms with Gasteiger partial charge in [-0.25, -0.2) is 9.48 Å². The first-order chi connectivity index (χ1) is 9.60. The van der Waals surface area contributed by atoms with Crippen LogP contribution < -0.4 is 5.73 Å². The van der Waals surface area contributed by atoms with Crippen LogP contribution >= 0.6 is 0 Å². The lowest BCUT2D eigenvalue weighted by atomic mass is 10.1. The van der Waals surface area contributed by atoms with Gasteiger partial charge < -0.3 is 10.8 Å². The fraction of sp³-hybridized carbons (Fsp3) is 0.214. The summed E-state index contributed by atoms with van der Waals surface area (Å²) < 4.78 is 1.20. The molecule has 3 N–H and O–H groups in total. The minimum Gasteiger partial charge on any atom is -0.480 e. The summed E-state index contributed by atoms with van der Waals surface area (Å²) in [6, 6.07) is 8.17. The Labute approximate surface area is 115 Å². The van der Waals surface area contributed by atoms with E-state index in [1.54, 1.807) is 19.1 Å². The molecular weight excluding hydrogens is 258 g/mol. The molecule has 0 spiro atoms. The number of aromatic nitrogens is 2. The van der Waals surface area contributed by atoms with E-state index in [0.29, 0.717) is 18.4 Å². The lowest BCUT2D eigenvalue weighted by Gasteiger charge is -2.11. The third-order valence-electron chi connectivity index (χ3n) is 3.12. The van der Waals surface area contributed by atoms with E-state index < -0.39 is 12.0 Å². The number of carboxylic acids is 1. The molecule has 0 aliphatic rings. The summed E-state index contributed by atoms with van der Waals surface area (Å²) in [7, 11) is 0. The van der Waals surface area contributed by atoms with E-state index in [0.717, 1.165) is 5.56 Å². The molecule has 20 heavy (non-hydrogen) atoms. The van der Waals surface area contributed by atoms with Gasteiger partial charge in [-0.1, -0.05) is 37.3 Å². The van der Waals surface area contributed by atoms with Crippen molar-refractivity contribution in [2.75, 3.05) is 5.73 Å². The van der Waals surface area contributed by atoms with Gasteiger partial charge in [0.15, 0.2) is 12.3 Å². The van der Waals surface area contributed by atoms with E-state index in [-0.39, 0.29) is 11.4 Å². The molecule has 0 aliphatic heterocycles. The molecule has 2 aromatic rings. The maximum atomic E-state index is 11.2. The van der Waals surface area contributed by atoms with Crippen LogP contribution in [0.15, 0.2) is 30.3 Å². The van der Waals surface area contributed by atoms with E-state index in [4.69, 9.17) is 5.73 Å². The van der Waals surface area contributed by atoms with Crippen molar-refractivity contribution in [2.45, 2.75) is 19.4 Å². The summed E-state index contributed by atoms with van der Waals surface area (Å²) in [5, 5.41) is 13.4. The first-order valence-corrected chi connectivity index (χ1v) is 6.21. The molecule has 1 aromatic heterocycles. The van der Waals surface area contributed by atoms with Gasteiger partial charge >= 0.3 is 5.97 Å². The monoisotopic (exact) mass is 273 g/mol. The van der Waals surface area contributed by atoms with Crippen molar-refractivity contribution in [1.29, 1.82) is 0 Å². The minimum absolute atomic E-state index is 0.0769. The van der Waals surface area contributed by atoms with Crippen LogP contribution in [0.25, 0.3) is 11.3 Å². The normalized spacial score (nSPS) is 12.1. The SMILES string of the molecule is CCC(C(=O)O)n1nc(-c2ccccc2)c(C=O)c1N. The van der Waals surface area contributed by atoms with E-state index in [9.17, 15) is 14.7 Å². The Morgan fingerprint density at radius 2 is 2.10 bits per heavy atom. The van der Waals surface area contributed by atoms with Crippen molar-refractivity contribution in [1.82, 2.24) is 9.78 Å². The molecule has 1 aromatic carbocycles. The van der Waals surface area contributed by atoms with Crippen LogP contribution in [-0.4, -0.2) is 27.1 Å². The number of hydrogen-bond donors (Lipinski definition) is 2. The van der Waals surface area contributed by atoms with Gasteiger partial charge in [0.25, 0.3) is 0 Å². The fourth-order valence-electron chi connectivity index (χ4n) is 2.08. The summed E-state index contributed by atoms with van der Waals surface area (Å²) in [6.45, 7) is 1.72. The Morgan fingerprint density at radius 3 is 2.60 bits per heavy atom. The highest BCUT2D eigenvalue weighted by atomic mass is 16.4. The minimum atomic E-state index is -1.03. The first kappa shape index (κ1) is 13.8. The number of carbonyl (C=O) groups is 2. The second-order valence-corrected chi connectivity index (χ2v) is 4.34.